The standard InChI is InChI=1S/C14H13BrN4O/c1-9-14(15)19-8-11(4-5-12(19)17-9)18-13(20)7-10-3-2-6-16-10/h2-6,8,16H,7H2,1H3,(H,18,20). The van der Waals surface area contributed by atoms with E-state index in [1.54, 1.807) is 6.20 Å². The summed E-state index contributed by atoms with van der Waals surface area (Å²) < 4.78 is 2.80. The molecule has 0 aromatic carbocycles. The van der Waals surface area contributed by atoms with Gasteiger partial charge in [-0.05, 0) is 47.1 Å². The fourth-order valence-corrected chi connectivity index (χ4v) is 2.44. The number of nitrogens with one attached hydrogen (secondary N) is 2. The Balaban J connectivity index is 1.80. The second-order valence-electron chi connectivity index (χ2n) is 4.55. The van der Waals surface area contributed by atoms with Crippen molar-refractivity contribution >= 4 is 33.2 Å². The first-order valence-electron chi connectivity index (χ1n) is 6.20. The van der Waals surface area contributed by atoms with Crippen molar-refractivity contribution in [3.05, 3.63) is 52.7 Å². The number of aromatic nitrogens is 3. The summed E-state index contributed by atoms with van der Waals surface area (Å²) in [6.07, 6.45) is 3.99. The van der Waals surface area contributed by atoms with Crippen LogP contribution in [0.2, 0.25) is 0 Å². The Bertz CT molecular complexity index is 761. The van der Waals surface area contributed by atoms with Gasteiger partial charge in [-0.3, -0.25) is 9.20 Å². The molecule has 3 rings (SSSR count). The molecule has 0 unspecified atom stereocenters. The van der Waals surface area contributed by atoms with Crippen LogP contribution < -0.4 is 5.32 Å². The van der Waals surface area contributed by atoms with Crippen LogP contribution in [0.3, 0.4) is 0 Å². The number of rotatable bonds is 3. The molecular formula is C14H13BrN4O. The summed E-state index contributed by atoms with van der Waals surface area (Å²) in [4.78, 5) is 19.3. The van der Waals surface area contributed by atoms with Crippen molar-refractivity contribution in [1.82, 2.24) is 14.4 Å². The highest BCUT2D eigenvalue weighted by atomic mass is 79.9. The predicted molar refractivity (Wildman–Crippen MR) is 80.8 cm³/mol. The lowest BCUT2D eigenvalue weighted by Gasteiger charge is -2.05. The number of H-pyrrole nitrogens is 1. The molecule has 5 nitrogen and oxygen atoms in total. The summed E-state index contributed by atoms with van der Waals surface area (Å²) in [5.41, 5.74) is 3.40. The Kier molecular flexibility index (Phi) is 3.31. The maximum absolute atomic E-state index is 11.9. The van der Waals surface area contributed by atoms with Crippen molar-refractivity contribution in [2.24, 2.45) is 0 Å². The second kappa shape index (κ2) is 5.13. The molecule has 1 amide bonds. The number of carbonyl (C=O) groups excluding carboxylic acids is 1. The van der Waals surface area contributed by atoms with Gasteiger partial charge in [-0.2, -0.15) is 0 Å². The highest BCUT2D eigenvalue weighted by Crippen LogP contribution is 2.20. The van der Waals surface area contributed by atoms with Gasteiger partial charge < -0.3 is 10.3 Å². The van der Waals surface area contributed by atoms with E-state index in [1.807, 2.05) is 41.8 Å². The quantitative estimate of drug-likeness (QED) is 0.774. The first-order valence-corrected chi connectivity index (χ1v) is 6.99. The third kappa shape index (κ3) is 2.46. The van der Waals surface area contributed by atoms with Gasteiger partial charge in [0.25, 0.3) is 0 Å². The summed E-state index contributed by atoms with van der Waals surface area (Å²) in [5, 5.41) is 2.88. The van der Waals surface area contributed by atoms with Gasteiger partial charge in [-0.15, -0.1) is 0 Å². The van der Waals surface area contributed by atoms with Gasteiger partial charge in [0.2, 0.25) is 5.91 Å². The van der Waals surface area contributed by atoms with Gasteiger partial charge in [0.1, 0.15) is 10.3 Å². The number of aromatic amines is 1. The molecule has 0 aliphatic rings. The monoisotopic (exact) mass is 332 g/mol. The highest BCUT2D eigenvalue weighted by molar-refractivity contribution is 9.10. The number of hydrogen-bond donors (Lipinski definition) is 2. The highest BCUT2D eigenvalue weighted by Gasteiger charge is 2.08. The Morgan fingerprint density at radius 2 is 2.30 bits per heavy atom. The second-order valence-corrected chi connectivity index (χ2v) is 5.31. The molecule has 0 aliphatic heterocycles. The van der Waals surface area contributed by atoms with Crippen LogP contribution in [-0.4, -0.2) is 20.3 Å². The Morgan fingerprint density at radius 3 is 3.05 bits per heavy atom. The number of hydrogen-bond acceptors (Lipinski definition) is 2. The topological polar surface area (TPSA) is 62.2 Å². The number of carbonyl (C=O) groups is 1. The van der Waals surface area contributed by atoms with E-state index in [0.717, 1.165) is 27.3 Å². The molecule has 0 saturated carbocycles. The number of fused-ring (bicyclic) bond motifs is 1. The van der Waals surface area contributed by atoms with Gasteiger partial charge >= 0.3 is 0 Å². The van der Waals surface area contributed by atoms with E-state index < -0.39 is 0 Å². The lowest BCUT2D eigenvalue weighted by atomic mass is 10.3. The van der Waals surface area contributed by atoms with Crippen LogP contribution in [0.1, 0.15) is 11.4 Å². The molecule has 0 spiro atoms. The molecular weight excluding hydrogens is 320 g/mol. The zero-order valence-electron chi connectivity index (χ0n) is 10.9. The zero-order chi connectivity index (χ0) is 14.1. The minimum Gasteiger partial charge on any atom is -0.365 e. The summed E-state index contributed by atoms with van der Waals surface area (Å²) in [5.74, 6) is -0.0558. The largest absolute Gasteiger partial charge is 0.365 e. The maximum atomic E-state index is 11.9. The number of nitrogens with zero attached hydrogens (tertiary/aromatic N) is 2. The van der Waals surface area contributed by atoms with Gasteiger partial charge in [0.05, 0.1) is 17.8 Å². The summed E-state index contributed by atoms with van der Waals surface area (Å²) in [7, 11) is 0. The zero-order valence-corrected chi connectivity index (χ0v) is 12.4. The van der Waals surface area contributed by atoms with Gasteiger partial charge in [-0.1, -0.05) is 0 Å². The van der Waals surface area contributed by atoms with Crippen LogP contribution in [0.5, 0.6) is 0 Å². The number of anilines is 1. The molecule has 3 aromatic rings. The maximum Gasteiger partial charge on any atom is 0.230 e. The van der Waals surface area contributed by atoms with Crippen molar-refractivity contribution in [2.45, 2.75) is 13.3 Å². The Hall–Kier alpha value is -2.08. The first-order chi connectivity index (χ1) is 9.63. The first kappa shape index (κ1) is 12.9. The number of imidazole rings is 1. The van der Waals surface area contributed by atoms with Crippen LogP contribution in [0, 0.1) is 6.92 Å². The van der Waals surface area contributed by atoms with Crippen LogP contribution in [0.4, 0.5) is 5.69 Å². The fourth-order valence-electron chi connectivity index (χ4n) is 2.06. The third-order valence-electron chi connectivity index (χ3n) is 3.02. The average Bonchev–Trinajstić information content (AvgIpc) is 3.00. The molecule has 0 atom stereocenters. The molecule has 102 valence electrons. The van der Waals surface area contributed by atoms with Crippen molar-refractivity contribution in [2.75, 3.05) is 5.32 Å². The molecule has 20 heavy (non-hydrogen) atoms. The van der Waals surface area contributed by atoms with Crippen molar-refractivity contribution in [3.8, 4) is 0 Å². The lowest BCUT2D eigenvalue weighted by Crippen LogP contribution is -2.14. The van der Waals surface area contributed by atoms with Crippen LogP contribution in [0.15, 0.2) is 41.3 Å². The van der Waals surface area contributed by atoms with Crippen LogP contribution in [0.25, 0.3) is 5.65 Å². The third-order valence-corrected chi connectivity index (χ3v) is 3.97. The smallest absolute Gasteiger partial charge is 0.230 e. The molecule has 0 fully saturated rings. The number of aryl methyl sites for hydroxylation is 1. The van der Waals surface area contributed by atoms with E-state index in [9.17, 15) is 4.79 Å². The molecule has 0 bridgehead atoms. The fraction of sp³-hybridized carbons (Fsp3) is 0.143. The number of halogens is 1. The van der Waals surface area contributed by atoms with E-state index in [4.69, 9.17) is 0 Å². The van der Waals surface area contributed by atoms with Crippen molar-refractivity contribution < 1.29 is 4.79 Å². The summed E-state index contributed by atoms with van der Waals surface area (Å²) >= 11 is 3.48. The molecule has 3 aromatic heterocycles. The van der Waals surface area contributed by atoms with Crippen molar-refractivity contribution in [3.63, 3.8) is 0 Å². The Labute approximate surface area is 124 Å². The number of pyridine rings is 1. The van der Waals surface area contributed by atoms with E-state index in [1.165, 1.54) is 0 Å². The van der Waals surface area contributed by atoms with Crippen LogP contribution >= 0.6 is 15.9 Å². The molecule has 3 heterocycles. The molecule has 2 N–H and O–H groups in total. The summed E-state index contributed by atoms with van der Waals surface area (Å²) in [6, 6.07) is 7.49. The van der Waals surface area contributed by atoms with E-state index >= 15 is 0 Å². The van der Waals surface area contributed by atoms with Gasteiger partial charge in [-0.25, -0.2) is 4.98 Å². The molecule has 0 aliphatic carbocycles. The summed E-state index contributed by atoms with van der Waals surface area (Å²) in [6.45, 7) is 1.93. The molecule has 6 heteroatoms. The normalized spacial score (nSPS) is 10.9. The van der Waals surface area contributed by atoms with E-state index in [0.29, 0.717) is 6.42 Å². The minimum absolute atomic E-state index is 0.0558. The van der Waals surface area contributed by atoms with Crippen LogP contribution in [-0.2, 0) is 11.2 Å². The Morgan fingerprint density at radius 1 is 1.45 bits per heavy atom. The van der Waals surface area contributed by atoms with Crippen molar-refractivity contribution in [1.29, 1.82) is 0 Å². The lowest BCUT2D eigenvalue weighted by molar-refractivity contribution is -0.115. The van der Waals surface area contributed by atoms with E-state index in [-0.39, 0.29) is 5.91 Å². The average molecular weight is 333 g/mol. The SMILES string of the molecule is Cc1nc2ccc(NC(=O)Cc3ccc[nH]3)cn2c1Br. The molecule has 0 radical (unpaired) electrons. The van der Waals surface area contributed by atoms with Gasteiger partial charge in [0, 0.05) is 18.1 Å². The predicted octanol–water partition coefficient (Wildman–Crippen LogP) is 2.91. The van der Waals surface area contributed by atoms with E-state index in [2.05, 4.69) is 31.2 Å². The number of amides is 1. The molecule has 0 saturated heterocycles. The van der Waals surface area contributed by atoms with Gasteiger partial charge in [0.15, 0.2) is 0 Å². The minimum atomic E-state index is -0.0558.